The van der Waals surface area contributed by atoms with Crippen LogP contribution in [-0.4, -0.2) is 19.0 Å². The molecule has 0 aliphatic carbocycles. The summed E-state index contributed by atoms with van der Waals surface area (Å²) in [5, 5.41) is 0. The Kier molecular flexibility index (Phi) is 5.77. The van der Waals surface area contributed by atoms with E-state index in [1.54, 1.807) is 4.35 Å². The van der Waals surface area contributed by atoms with Gasteiger partial charge in [0.2, 0.25) is 0 Å². The molecule has 1 rings (SSSR count). The molecule has 0 amide bonds. The molecule has 0 unspecified atom stereocenters. The molecule has 0 N–H and O–H groups in total. The maximum absolute atomic E-state index is 3.56. The summed E-state index contributed by atoms with van der Waals surface area (Å²) in [7, 11) is 0. The van der Waals surface area contributed by atoms with Crippen LogP contribution in [0.4, 0.5) is 0 Å². The molecule has 118 valence electrons. The summed E-state index contributed by atoms with van der Waals surface area (Å²) < 4.78 is 3.77. The minimum absolute atomic E-state index is 0.0562. The first-order valence-corrected chi connectivity index (χ1v) is 10.5. The zero-order valence-corrected chi connectivity index (χ0v) is 18.5. The minimum atomic E-state index is 0.0562. The number of halogens is 1. The predicted octanol–water partition coefficient (Wildman–Crippen LogP) is 5.06. The Labute approximate surface area is 146 Å². The van der Waals surface area contributed by atoms with Gasteiger partial charge in [-0.3, -0.25) is 0 Å². The first-order valence-electron chi connectivity index (χ1n) is 7.60. The molecule has 0 saturated carbocycles. The molecule has 1 aromatic carbocycles. The van der Waals surface area contributed by atoms with Gasteiger partial charge in [0.1, 0.15) is 0 Å². The quantitative estimate of drug-likeness (QED) is 0.565. The summed E-state index contributed by atoms with van der Waals surface area (Å²) in [5.74, 6) is 0. The zero-order chi connectivity index (χ0) is 16.6. The predicted molar refractivity (Wildman–Crippen MR) is 103 cm³/mol. The standard InChI is InChI=1S/C19H30AsBr/c1-17(2,3)13-10-14(18(4,5)6)16(20-12-21)15(11-13)19(7,8)9/h10-12H,1-9H3. The van der Waals surface area contributed by atoms with Gasteiger partial charge in [-0.15, -0.1) is 0 Å². The fourth-order valence-electron chi connectivity index (χ4n) is 2.40. The van der Waals surface area contributed by atoms with Gasteiger partial charge in [-0.2, -0.15) is 0 Å². The van der Waals surface area contributed by atoms with Crippen molar-refractivity contribution < 1.29 is 0 Å². The molecule has 21 heavy (non-hydrogen) atoms. The molecule has 2 heteroatoms. The van der Waals surface area contributed by atoms with Gasteiger partial charge in [-0.05, 0) is 0 Å². The molecule has 0 nitrogen and oxygen atoms in total. The van der Waals surface area contributed by atoms with E-state index in [9.17, 15) is 0 Å². The molecule has 1 aromatic rings. The van der Waals surface area contributed by atoms with Crippen LogP contribution in [0.3, 0.4) is 0 Å². The van der Waals surface area contributed by atoms with Crippen LogP contribution in [0.15, 0.2) is 12.1 Å². The summed E-state index contributed by atoms with van der Waals surface area (Å²) >= 11 is 3.62. The van der Waals surface area contributed by atoms with Gasteiger partial charge in [0.25, 0.3) is 0 Å². The monoisotopic (exact) mass is 412 g/mol. The Morgan fingerprint density at radius 1 is 0.762 bits per heavy atom. The molecule has 0 bridgehead atoms. The second-order valence-corrected chi connectivity index (χ2v) is 12.9. The van der Waals surface area contributed by atoms with Gasteiger partial charge in [-0.25, -0.2) is 0 Å². The van der Waals surface area contributed by atoms with Crippen LogP contribution < -0.4 is 4.35 Å². The van der Waals surface area contributed by atoms with Gasteiger partial charge in [-0.1, -0.05) is 0 Å². The third kappa shape index (κ3) is 4.80. The first kappa shape index (κ1) is 19.2. The molecule has 0 fully saturated rings. The van der Waals surface area contributed by atoms with Crippen LogP contribution >= 0.6 is 15.9 Å². The number of rotatable bonds is 1. The molecule has 0 radical (unpaired) electrons. The van der Waals surface area contributed by atoms with Gasteiger partial charge in [0.15, 0.2) is 0 Å². The second kappa shape index (κ2) is 6.32. The molecule has 0 heterocycles. The van der Waals surface area contributed by atoms with Crippen molar-refractivity contribution in [1.29, 1.82) is 0 Å². The zero-order valence-electron chi connectivity index (χ0n) is 15.1. The summed E-state index contributed by atoms with van der Waals surface area (Å²) in [6.45, 7) is 20.9. The van der Waals surface area contributed by atoms with Crippen molar-refractivity contribution in [3.8, 4) is 0 Å². The van der Waals surface area contributed by atoms with Crippen LogP contribution in [0, 0.1) is 0 Å². The third-order valence-corrected chi connectivity index (χ3v) is 6.59. The summed E-state index contributed by atoms with van der Waals surface area (Å²) in [5.41, 5.74) is 5.06. The van der Waals surface area contributed by atoms with Crippen LogP contribution in [-0.2, 0) is 16.2 Å². The van der Waals surface area contributed by atoms with Crippen LogP contribution in [0.1, 0.15) is 79.0 Å². The first-order chi connectivity index (χ1) is 9.28. The van der Waals surface area contributed by atoms with E-state index in [-0.39, 0.29) is 31.6 Å². The van der Waals surface area contributed by atoms with E-state index in [1.165, 1.54) is 16.7 Å². The van der Waals surface area contributed by atoms with Crippen molar-refractivity contribution in [3.05, 3.63) is 28.8 Å². The molecule has 0 saturated heterocycles. The van der Waals surface area contributed by atoms with Crippen molar-refractivity contribution in [2.75, 3.05) is 0 Å². The fraction of sp³-hybridized carbons (Fsp3) is 0.632. The van der Waals surface area contributed by atoms with Crippen LogP contribution in [0.5, 0.6) is 0 Å². The number of hydrogen-bond donors (Lipinski definition) is 0. The fourth-order valence-corrected chi connectivity index (χ4v) is 5.93. The average molecular weight is 413 g/mol. The van der Waals surface area contributed by atoms with Crippen molar-refractivity contribution in [1.82, 2.24) is 0 Å². The van der Waals surface area contributed by atoms with Crippen LogP contribution in [0.2, 0.25) is 0 Å². The average Bonchev–Trinajstić information content (AvgIpc) is 2.24. The Balaban J connectivity index is 3.84. The Morgan fingerprint density at radius 2 is 1.14 bits per heavy atom. The molecular weight excluding hydrogens is 383 g/mol. The van der Waals surface area contributed by atoms with Crippen molar-refractivity contribution in [3.63, 3.8) is 0 Å². The summed E-state index contributed by atoms with van der Waals surface area (Å²) in [4.78, 5) is 0. The number of hydrogen-bond acceptors (Lipinski definition) is 0. The molecule has 0 aliphatic heterocycles. The van der Waals surface area contributed by atoms with E-state index >= 15 is 0 Å². The van der Waals surface area contributed by atoms with Gasteiger partial charge < -0.3 is 0 Å². The van der Waals surface area contributed by atoms with Gasteiger partial charge >= 0.3 is 147 Å². The van der Waals surface area contributed by atoms with E-state index in [0.29, 0.717) is 0 Å². The normalized spacial score (nSPS) is 14.0. The Bertz CT molecular complexity index is 499. The van der Waals surface area contributed by atoms with Crippen molar-refractivity contribution in [2.24, 2.45) is 0 Å². The third-order valence-electron chi connectivity index (χ3n) is 3.77. The van der Waals surface area contributed by atoms with Gasteiger partial charge in [0.05, 0.1) is 0 Å². The molecule has 0 aliphatic rings. The van der Waals surface area contributed by atoms with E-state index < -0.39 is 0 Å². The van der Waals surface area contributed by atoms with E-state index in [1.807, 2.05) is 0 Å². The molecule has 0 atom stereocenters. The van der Waals surface area contributed by atoms with Crippen molar-refractivity contribution in [2.45, 2.75) is 78.6 Å². The second-order valence-electron chi connectivity index (χ2n) is 8.90. The number of benzene rings is 1. The topological polar surface area (TPSA) is 0 Å². The van der Waals surface area contributed by atoms with Crippen molar-refractivity contribution >= 4 is 39.3 Å². The van der Waals surface area contributed by atoms with E-state index in [4.69, 9.17) is 0 Å². The summed E-state index contributed by atoms with van der Waals surface area (Å²) in [6.07, 6.45) is 0. The maximum atomic E-state index is 3.56. The van der Waals surface area contributed by atoms with Crippen LogP contribution in [0.25, 0.3) is 0 Å². The summed E-state index contributed by atoms with van der Waals surface area (Å²) in [6, 6.07) is 4.91. The molecular formula is C19H30AsBr. The molecule has 0 aromatic heterocycles. The molecule has 0 spiro atoms. The Morgan fingerprint density at radius 3 is 1.38 bits per heavy atom. The Hall–Kier alpha value is 0.128. The van der Waals surface area contributed by atoms with E-state index in [0.717, 1.165) is 0 Å². The van der Waals surface area contributed by atoms with Gasteiger partial charge in [0, 0.05) is 0 Å². The SMILES string of the molecule is CC(C)(C)c1cc(C(C)(C)C)c([As]=CBr)c(C(C)(C)C)c1. The van der Waals surface area contributed by atoms with E-state index in [2.05, 4.69) is 94.1 Å².